The van der Waals surface area contributed by atoms with Crippen molar-refractivity contribution in [3.05, 3.63) is 101 Å². The van der Waals surface area contributed by atoms with Crippen molar-refractivity contribution in [2.45, 2.75) is 11.8 Å². The fourth-order valence-corrected chi connectivity index (χ4v) is 7.67. The Balaban J connectivity index is 1.68. The van der Waals surface area contributed by atoms with Crippen LogP contribution < -0.4 is 11.1 Å². The minimum atomic E-state index is -5.47. The Hall–Kier alpha value is -3.81. The van der Waals surface area contributed by atoms with E-state index >= 15 is 0 Å². The summed E-state index contributed by atoms with van der Waals surface area (Å²) < 4.78 is 84.3. The summed E-state index contributed by atoms with van der Waals surface area (Å²) in [6.45, 7) is -2.78. The van der Waals surface area contributed by atoms with E-state index in [1.807, 2.05) is 0 Å². The SMILES string of the molecule is O=C(OI(c1ccc2ccc(=O)oc2c1)c1ccc2oc3ccccc3c(=O)c2c1)C(F)(F)C(F)(F)CF. The topological polar surface area (TPSA) is 86.7 Å². The van der Waals surface area contributed by atoms with E-state index in [0.29, 0.717) is 11.0 Å². The summed E-state index contributed by atoms with van der Waals surface area (Å²) in [5.74, 6) is -13.4. The molecule has 2 heterocycles. The van der Waals surface area contributed by atoms with Gasteiger partial charge in [0, 0.05) is 0 Å². The molecule has 0 atom stereocenters. The van der Waals surface area contributed by atoms with Gasteiger partial charge in [-0.25, -0.2) is 0 Å². The molecule has 5 aromatic rings. The summed E-state index contributed by atoms with van der Waals surface area (Å²) in [4.78, 5) is 37.1. The molecule has 0 spiro atoms. The van der Waals surface area contributed by atoms with Crippen molar-refractivity contribution < 1.29 is 38.6 Å². The molecule has 2 aromatic heterocycles. The number of rotatable bonds is 6. The number of alkyl halides is 5. The van der Waals surface area contributed by atoms with Crippen molar-refractivity contribution in [3.8, 4) is 0 Å². The molecule has 196 valence electrons. The molecule has 0 fully saturated rings. The van der Waals surface area contributed by atoms with Crippen LogP contribution in [0.25, 0.3) is 32.9 Å². The molecule has 5 rings (SSSR count). The van der Waals surface area contributed by atoms with Crippen LogP contribution >= 0.6 is 20.2 Å². The number of carbonyl (C=O) groups is 1. The third-order valence-corrected chi connectivity index (χ3v) is 10.00. The van der Waals surface area contributed by atoms with E-state index < -0.39 is 55.8 Å². The minimum absolute atomic E-state index is 0.0282. The Kier molecular flexibility index (Phi) is 6.45. The molecular weight excluding hydrogens is 630 g/mol. The van der Waals surface area contributed by atoms with Gasteiger partial charge in [0.15, 0.2) is 0 Å². The van der Waals surface area contributed by atoms with E-state index in [1.165, 1.54) is 48.5 Å². The van der Waals surface area contributed by atoms with Crippen LogP contribution in [-0.2, 0) is 7.86 Å². The van der Waals surface area contributed by atoms with Crippen LogP contribution in [0, 0.1) is 7.14 Å². The Morgan fingerprint density at radius 1 is 0.789 bits per heavy atom. The number of hydrogen-bond donors (Lipinski definition) is 0. The van der Waals surface area contributed by atoms with Crippen molar-refractivity contribution in [1.29, 1.82) is 0 Å². The average molecular weight is 644 g/mol. The van der Waals surface area contributed by atoms with Crippen LogP contribution in [0.1, 0.15) is 0 Å². The van der Waals surface area contributed by atoms with Gasteiger partial charge in [-0.3, -0.25) is 0 Å². The number of carbonyl (C=O) groups excluding carboxylic acids is 1. The van der Waals surface area contributed by atoms with E-state index in [-0.39, 0.29) is 29.1 Å². The average Bonchev–Trinajstić information content (AvgIpc) is 2.91. The quantitative estimate of drug-likeness (QED) is 0.0935. The molecule has 6 nitrogen and oxygen atoms in total. The second-order valence-corrected chi connectivity index (χ2v) is 12.4. The van der Waals surface area contributed by atoms with Crippen LogP contribution in [-0.4, -0.2) is 24.5 Å². The summed E-state index contributed by atoms with van der Waals surface area (Å²) in [7, 11) is 0. The Bertz CT molecular complexity index is 1830. The number of halogens is 6. The number of para-hydroxylation sites is 1. The Morgan fingerprint density at radius 2 is 1.45 bits per heavy atom. The zero-order valence-electron chi connectivity index (χ0n) is 18.9. The molecule has 3 aromatic carbocycles. The first-order chi connectivity index (χ1) is 18.0. The molecular formula is C26H14F5IO6. The maximum absolute atomic E-state index is 14.2. The predicted molar refractivity (Wildman–Crippen MR) is 136 cm³/mol. The zero-order valence-corrected chi connectivity index (χ0v) is 21.0. The van der Waals surface area contributed by atoms with Crippen LogP contribution in [0.4, 0.5) is 22.0 Å². The molecule has 0 aliphatic carbocycles. The van der Waals surface area contributed by atoms with E-state index in [0.717, 1.165) is 6.07 Å². The van der Waals surface area contributed by atoms with Crippen LogP contribution in [0.3, 0.4) is 0 Å². The van der Waals surface area contributed by atoms with Gasteiger partial charge < -0.3 is 0 Å². The van der Waals surface area contributed by atoms with E-state index in [4.69, 9.17) is 11.9 Å². The van der Waals surface area contributed by atoms with E-state index in [9.17, 15) is 36.3 Å². The van der Waals surface area contributed by atoms with Crippen molar-refractivity contribution >= 4 is 59.1 Å². The van der Waals surface area contributed by atoms with E-state index in [2.05, 4.69) is 0 Å². The number of benzene rings is 3. The summed E-state index contributed by atoms with van der Waals surface area (Å²) in [5, 5.41) is 0.722. The zero-order chi connectivity index (χ0) is 27.2. The molecule has 0 saturated heterocycles. The fraction of sp³-hybridized carbons (Fsp3) is 0.115. The number of hydrogen-bond acceptors (Lipinski definition) is 6. The molecule has 0 N–H and O–H groups in total. The van der Waals surface area contributed by atoms with Gasteiger partial charge in [-0.2, -0.15) is 0 Å². The molecule has 0 aliphatic rings. The monoisotopic (exact) mass is 644 g/mol. The third kappa shape index (κ3) is 4.42. The summed E-state index contributed by atoms with van der Waals surface area (Å²) in [6, 6.07) is 17.1. The van der Waals surface area contributed by atoms with Crippen molar-refractivity contribution in [3.63, 3.8) is 0 Å². The molecule has 0 saturated carbocycles. The van der Waals surface area contributed by atoms with Gasteiger partial charge >= 0.3 is 217 Å². The van der Waals surface area contributed by atoms with Gasteiger partial charge in [0.2, 0.25) is 0 Å². The first-order valence-electron chi connectivity index (χ1n) is 10.8. The first-order valence-corrected chi connectivity index (χ1v) is 13.8. The normalized spacial score (nSPS) is 12.7. The first kappa shape index (κ1) is 25.8. The van der Waals surface area contributed by atoms with Gasteiger partial charge in [0.1, 0.15) is 0 Å². The van der Waals surface area contributed by atoms with E-state index in [1.54, 1.807) is 18.2 Å². The molecule has 38 heavy (non-hydrogen) atoms. The van der Waals surface area contributed by atoms with Crippen molar-refractivity contribution in [1.82, 2.24) is 0 Å². The fourth-order valence-electron chi connectivity index (χ4n) is 3.59. The van der Waals surface area contributed by atoms with Gasteiger partial charge in [-0.1, -0.05) is 0 Å². The number of fused-ring (bicyclic) bond motifs is 3. The van der Waals surface area contributed by atoms with Gasteiger partial charge in [-0.15, -0.1) is 0 Å². The standard InChI is InChI=1S/C26H14F5IO6/c27-13-25(28,29)26(30,31)24(35)38-32(16-7-5-14-6-10-22(33)37-21(14)12-16)15-8-9-20-18(11-15)23(34)17-3-1-2-4-19(17)36-20/h1-12H,13H2. The predicted octanol–water partition coefficient (Wildman–Crippen LogP) is 6.30. The molecule has 12 heteroatoms. The summed E-state index contributed by atoms with van der Waals surface area (Å²) in [6.07, 6.45) is 0. The van der Waals surface area contributed by atoms with Crippen LogP contribution in [0.5, 0.6) is 0 Å². The maximum atomic E-state index is 14.2. The second kappa shape index (κ2) is 9.49. The Labute approximate surface area is 216 Å². The van der Waals surface area contributed by atoms with Crippen molar-refractivity contribution in [2.24, 2.45) is 0 Å². The van der Waals surface area contributed by atoms with Crippen LogP contribution in [0.2, 0.25) is 0 Å². The molecule has 0 radical (unpaired) electrons. The molecule has 0 aliphatic heterocycles. The molecule has 0 amide bonds. The van der Waals surface area contributed by atoms with Gasteiger partial charge in [0.05, 0.1) is 0 Å². The molecule has 0 unspecified atom stereocenters. The molecule has 0 bridgehead atoms. The second-order valence-electron chi connectivity index (χ2n) is 8.03. The van der Waals surface area contributed by atoms with Crippen LogP contribution in [0.15, 0.2) is 91.2 Å². The van der Waals surface area contributed by atoms with Crippen molar-refractivity contribution in [2.75, 3.05) is 6.67 Å². The van der Waals surface area contributed by atoms with Gasteiger partial charge in [0.25, 0.3) is 0 Å². The Morgan fingerprint density at radius 3 is 2.21 bits per heavy atom. The van der Waals surface area contributed by atoms with Gasteiger partial charge in [-0.05, 0) is 0 Å². The summed E-state index contributed by atoms with van der Waals surface area (Å²) in [5.41, 5.74) is -0.683. The summed E-state index contributed by atoms with van der Waals surface area (Å²) >= 11 is -3.87. The third-order valence-electron chi connectivity index (χ3n) is 5.55.